The van der Waals surface area contributed by atoms with E-state index in [1.807, 2.05) is 0 Å². The molecule has 0 heterocycles. The van der Waals surface area contributed by atoms with Gasteiger partial charge in [-0.1, -0.05) is 0 Å². The molecule has 0 atom stereocenters. The second-order valence-electron chi connectivity index (χ2n) is 7.08. The molecule has 0 radical (unpaired) electrons. The molecule has 0 saturated heterocycles. The van der Waals surface area contributed by atoms with Crippen LogP contribution in [0.3, 0.4) is 0 Å². The van der Waals surface area contributed by atoms with Crippen molar-refractivity contribution in [2.45, 2.75) is 32.1 Å². The van der Waals surface area contributed by atoms with E-state index in [0.29, 0.717) is 0 Å². The molecule has 0 spiro atoms. The van der Waals surface area contributed by atoms with E-state index in [9.17, 15) is 0 Å². The molecule has 0 nitrogen and oxygen atoms in total. The fraction of sp³-hybridized carbons (Fsp3) is 0.200. The maximum absolute atomic E-state index is 3.03. The van der Waals surface area contributed by atoms with Crippen molar-refractivity contribution in [3.8, 4) is 0 Å². The molecule has 1 fully saturated rings. The fourth-order valence-corrected chi connectivity index (χ4v) is 15.7. The van der Waals surface area contributed by atoms with E-state index in [4.69, 9.17) is 0 Å². The SMILES string of the molecule is [CH](=C1CCCCC1)[Sb+]([c]1ccccc1)([c]1ccccc1)[c]1ccccc1. The van der Waals surface area contributed by atoms with Crippen LogP contribution in [0.15, 0.2) is 101 Å². The number of benzene rings is 3. The van der Waals surface area contributed by atoms with Gasteiger partial charge in [-0.2, -0.15) is 0 Å². The van der Waals surface area contributed by atoms with Crippen LogP contribution in [0.25, 0.3) is 0 Å². The van der Waals surface area contributed by atoms with E-state index in [0.717, 1.165) is 0 Å². The zero-order chi connectivity index (χ0) is 17.7. The Morgan fingerprint density at radius 1 is 0.500 bits per heavy atom. The van der Waals surface area contributed by atoms with E-state index >= 15 is 0 Å². The first-order chi connectivity index (χ1) is 12.9. The van der Waals surface area contributed by atoms with Crippen LogP contribution in [0.2, 0.25) is 0 Å². The zero-order valence-electron chi connectivity index (χ0n) is 15.2. The minimum absolute atomic E-state index is 1.28. The van der Waals surface area contributed by atoms with Crippen LogP contribution in [-0.4, -0.2) is 18.8 Å². The van der Waals surface area contributed by atoms with Crippen molar-refractivity contribution in [3.63, 3.8) is 0 Å². The van der Waals surface area contributed by atoms with Crippen LogP contribution in [-0.2, 0) is 0 Å². The third-order valence-electron chi connectivity index (χ3n) is 5.36. The van der Waals surface area contributed by atoms with Crippen molar-refractivity contribution in [2.24, 2.45) is 0 Å². The Kier molecular flexibility index (Phi) is 5.61. The first-order valence-corrected chi connectivity index (χ1v) is 15.0. The summed E-state index contributed by atoms with van der Waals surface area (Å²) in [4.78, 5) is 0. The molecule has 0 aliphatic heterocycles. The third-order valence-corrected chi connectivity index (χ3v) is 17.0. The normalized spacial score (nSPS) is 14.8. The van der Waals surface area contributed by atoms with E-state index in [1.165, 1.54) is 32.1 Å². The Labute approximate surface area is 161 Å². The first-order valence-electron chi connectivity index (χ1n) is 9.66. The Morgan fingerprint density at radius 2 is 0.885 bits per heavy atom. The molecule has 0 N–H and O–H groups in total. The van der Waals surface area contributed by atoms with Gasteiger partial charge in [-0.05, 0) is 0 Å². The van der Waals surface area contributed by atoms with E-state index in [-0.39, 0.29) is 0 Å². The van der Waals surface area contributed by atoms with Crippen molar-refractivity contribution in [1.82, 2.24) is 0 Å². The Balaban J connectivity index is 2.00. The summed E-state index contributed by atoms with van der Waals surface area (Å²) < 4.78 is 7.40. The molecular weight excluding hydrogens is 422 g/mol. The Morgan fingerprint density at radius 3 is 1.27 bits per heavy atom. The van der Waals surface area contributed by atoms with Crippen molar-refractivity contribution in [3.05, 3.63) is 101 Å². The second-order valence-corrected chi connectivity index (χ2v) is 16.4. The third kappa shape index (κ3) is 3.53. The van der Waals surface area contributed by atoms with Gasteiger partial charge in [-0.25, -0.2) is 0 Å². The van der Waals surface area contributed by atoms with Crippen LogP contribution in [0.4, 0.5) is 0 Å². The molecule has 3 aromatic rings. The molecule has 26 heavy (non-hydrogen) atoms. The monoisotopic (exact) mass is 447 g/mol. The summed E-state index contributed by atoms with van der Waals surface area (Å²) in [7, 11) is 0. The summed E-state index contributed by atoms with van der Waals surface area (Å²) >= 11 is -3.03. The first kappa shape index (κ1) is 17.6. The van der Waals surface area contributed by atoms with Crippen molar-refractivity contribution >= 4 is 29.3 Å². The maximum atomic E-state index is 2.78. The second kappa shape index (κ2) is 8.27. The molecule has 3 aromatic carbocycles. The summed E-state index contributed by atoms with van der Waals surface area (Å²) in [5.41, 5.74) is 1.69. The summed E-state index contributed by atoms with van der Waals surface area (Å²) in [5.74, 6) is 0. The molecular formula is C25H26Sb+. The van der Waals surface area contributed by atoms with Crippen molar-refractivity contribution < 1.29 is 0 Å². The average molecular weight is 448 g/mol. The average Bonchev–Trinajstić information content (AvgIpc) is 2.75. The van der Waals surface area contributed by atoms with Gasteiger partial charge in [0.25, 0.3) is 0 Å². The van der Waals surface area contributed by atoms with Crippen LogP contribution >= 0.6 is 0 Å². The molecule has 0 unspecified atom stereocenters. The minimum atomic E-state index is -3.03. The summed E-state index contributed by atoms with van der Waals surface area (Å²) in [6, 6.07) is 33.9. The van der Waals surface area contributed by atoms with E-state index in [1.54, 1.807) is 16.1 Å². The summed E-state index contributed by atoms with van der Waals surface area (Å²) in [6.07, 6.45) is 6.65. The van der Waals surface area contributed by atoms with Gasteiger partial charge in [0.05, 0.1) is 0 Å². The predicted molar refractivity (Wildman–Crippen MR) is 115 cm³/mol. The Hall–Kier alpha value is -1.78. The topological polar surface area (TPSA) is 0 Å². The van der Waals surface area contributed by atoms with E-state index in [2.05, 4.69) is 95.0 Å². The van der Waals surface area contributed by atoms with Gasteiger partial charge in [-0.15, -0.1) is 0 Å². The molecule has 0 bridgehead atoms. The van der Waals surface area contributed by atoms with Gasteiger partial charge in [0.2, 0.25) is 0 Å². The Bertz CT molecular complexity index is 746. The molecule has 1 saturated carbocycles. The summed E-state index contributed by atoms with van der Waals surface area (Å²) in [6.45, 7) is 0. The quantitative estimate of drug-likeness (QED) is 0.513. The van der Waals surface area contributed by atoms with Gasteiger partial charge in [-0.3, -0.25) is 0 Å². The molecule has 0 aromatic heterocycles. The predicted octanol–water partition coefficient (Wildman–Crippen LogP) is 4.59. The van der Waals surface area contributed by atoms with Crippen LogP contribution in [0, 0.1) is 0 Å². The van der Waals surface area contributed by atoms with Gasteiger partial charge in [0.1, 0.15) is 0 Å². The standard InChI is InChI=1S/C7H11.3C6H5.Sb/c1-7-5-3-2-4-6-7;3*1-2-4-6-5-3-1;/h1H,2-6H2;3*1-5H;/q;;;;+1. The summed E-state index contributed by atoms with van der Waals surface area (Å²) in [5, 5.41) is 0. The molecule has 130 valence electrons. The van der Waals surface area contributed by atoms with E-state index < -0.39 is 18.8 Å². The molecule has 1 aliphatic carbocycles. The molecule has 4 rings (SSSR count). The van der Waals surface area contributed by atoms with Gasteiger partial charge in [0.15, 0.2) is 0 Å². The van der Waals surface area contributed by atoms with Gasteiger partial charge < -0.3 is 0 Å². The molecule has 0 amide bonds. The number of allylic oxidation sites excluding steroid dienone is 1. The van der Waals surface area contributed by atoms with Gasteiger partial charge in [0, 0.05) is 0 Å². The molecule has 1 heteroatoms. The number of hydrogen-bond donors (Lipinski definition) is 0. The number of rotatable bonds is 4. The number of hydrogen-bond acceptors (Lipinski definition) is 0. The van der Waals surface area contributed by atoms with Crippen LogP contribution < -0.4 is 10.5 Å². The van der Waals surface area contributed by atoms with Gasteiger partial charge >= 0.3 is 162 Å². The van der Waals surface area contributed by atoms with Crippen LogP contribution in [0.5, 0.6) is 0 Å². The molecule has 1 aliphatic rings. The van der Waals surface area contributed by atoms with Crippen molar-refractivity contribution in [2.75, 3.05) is 0 Å². The fourth-order valence-electron chi connectivity index (χ4n) is 4.07. The van der Waals surface area contributed by atoms with Crippen LogP contribution in [0.1, 0.15) is 32.1 Å². The zero-order valence-corrected chi connectivity index (χ0v) is 17.8. The van der Waals surface area contributed by atoms with Crippen molar-refractivity contribution in [1.29, 1.82) is 0 Å².